The average Bonchev–Trinajstić information content (AvgIpc) is 1.62. The molecule has 18 nitrogen and oxygen atoms in total. The smallest absolute Gasteiger partial charge is 0.338 e. The minimum atomic E-state index is -0.553. The molecule has 0 fully saturated rings. The van der Waals surface area contributed by atoms with Gasteiger partial charge in [-0.1, -0.05) is 231 Å². The lowest BCUT2D eigenvalue weighted by Gasteiger charge is -2.32. The molecule has 3 aromatic rings. The van der Waals surface area contributed by atoms with Crippen LogP contribution in [0.4, 0.5) is 15.9 Å². The third-order valence-electron chi connectivity index (χ3n) is 15.6. The molecule has 2 aromatic carbocycles. The Morgan fingerprint density at radius 1 is 0.625 bits per heavy atom. The van der Waals surface area contributed by atoms with Gasteiger partial charge in [-0.3, -0.25) is 39.0 Å². The number of pyridine rings is 1. The molecule has 0 bridgehead atoms. The Labute approximate surface area is 585 Å². The van der Waals surface area contributed by atoms with Gasteiger partial charge in [0.1, 0.15) is 23.1 Å². The van der Waals surface area contributed by atoms with Crippen molar-refractivity contribution in [2.75, 3.05) is 19.5 Å². The fourth-order valence-corrected chi connectivity index (χ4v) is 10.3. The number of Topliss-reactive ketones (excluding diaryl/α,β-unsaturated/α-hetero) is 1. The van der Waals surface area contributed by atoms with Crippen molar-refractivity contribution in [1.29, 1.82) is 5.26 Å². The van der Waals surface area contributed by atoms with Gasteiger partial charge in [0.05, 0.1) is 46.5 Å². The number of carbonyl (C=O) groups excluding carboxylic acids is 5. The number of benzene rings is 2. The molecule has 3 amide bonds. The maximum absolute atomic E-state index is 13.8. The van der Waals surface area contributed by atoms with Gasteiger partial charge in [0.25, 0.3) is 17.5 Å². The molecule has 1 aromatic heterocycles. The van der Waals surface area contributed by atoms with E-state index >= 15 is 0 Å². The molecule has 4 rings (SSSR count). The van der Waals surface area contributed by atoms with E-state index in [9.17, 15) is 48.7 Å². The molecule has 0 saturated heterocycles. The number of nitro groups is 1. The van der Waals surface area contributed by atoms with Crippen molar-refractivity contribution in [3.63, 3.8) is 0 Å². The lowest BCUT2D eigenvalue weighted by atomic mass is 9.91. The number of aromatic nitrogens is 1. The van der Waals surface area contributed by atoms with E-state index in [4.69, 9.17) is 27.3 Å². The Morgan fingerprint density at radius 3 is 1.23 bits per heavy atom. The van der Waals surface area contributed by atoms with Gasteiger partial charge in [-0.05, 0) is 101 Å². The molecule has 0 saturated carbocycles. The number of halogens is 2. The van der Waals surface area contributed by atoms with E-state index in [1.54, 1.807) is 37.4 Å². The third-order valence-corrected chi connectivity index (χ3v) is 15.9. The van der Waals surface area contributed by atoms with Crippen molar-refractivity contribution in [3.05, 3.63) is 97.9 Å². The Hall–Kier alpha value is -5.91. The summed E-state index contributed by atoms with van der Waals surface area (Å²) in [6.45, 7) is 60.7. The van der Waals surface area contributed by atoms with Gasteiger partial charge in [0.2, 0.25) is 5.91 Å². The van der Waals surface area contributed by atoms with E-state index in [1.807, 2.05) is 152 Å². The van der Waals surface area contributed by atoms with E-state index in [-0.39, 0.29) is 112 Å². The quantitative estimate of drug-likeness (QED) is 0.0239. The van der Waals surface area contributed by atoms with Crippen LogP contribution in [0.2, 0.25) is 5.15 Å². The van der Waals surface area contributed by atoms with E-state index in [0.29, 0.717) is 75.9 Å². The molecule has 0 aliphatic carbocycles. The summed E-state index contributed by atoms with van der Waals surface area (Å²) < 4.78 is 19.2. The number of aliphatic hydroxyl groups excluding tert-OH is 2. The van der Waals surface area contributed by atoms with Gasteiger partial charge in [-0.25, -0.2) is 19.2 Å². The van der Waals surface area contributed by atoms with Crippen molar-refractivity contribution in [2.24, 2.45) is 94.5 Å². The van der Waals surface area contributed by atoms with Crippen LogP contribution >= 0.6 is 11.6 Å². The van der Waals surface area contributed by atoms with Crippen molar-refractivity contribution in [2.45, 2.75) is 244 Å². The molecule has 1 aliphatic heterocycles. The lowest BCUT2D eigenvalue weighted by molar-refractivity contribution is -0.384. The van der Waals surface area contributed by atoms with Crippen LogP contribution in [-0.4, -0.2) is 110 Å². The zero-order valence-electron chi connectivity index (χ0n) is 65.0. The number of esters is 1. The SMILES string of the molecule is CC(C)C(=O)C(C)C.CC(C)C(C(C)C)N1C(=O)c2ccccc2C1=O.CC(C)C(N)C(C)C.CC(C)C(Nc1nc(Cl)c(C#N)cc1F)C(C)C.CC(C)C(O)C(C)C.CC(C)C(O)C(C)C.CC(C)C(OC(=O)c1ccc([N+](=O)[O-])cc1)C(C)C.CON(C)C(=O)C(C)C. The molecule has 5 N–H and O–H groups in total. The predicted molar refractivity (Wildman–Crippen MR) is 392 cm³/mol. The number of fused-ring (bicyclic) bond motifs is 1. The number of non-ortho nitro benzene ring substituents is 1. The predicted octanol–water partition coefficient (Wildman–Crippen LogP) is 17.7. The summed E-state index contributed by atoms with van der Waals surface area (Å²) in [7, 11) is 3.07. The maximum Gasteiger partial charge on any atom is 0.338 e. The summed E-state index contributed by atoms with van der Waals surface area (Å²) >= 11 is 5.80. The van der Waals surface area contributed by atoms with E-state index < -0.39 is 16.7 Å². The van der Waals surface area contributed by atoms with Crippen molar-refractivity contribution < 1.29 is 53.1 Å². The zero-order chi connectivity index (χ0) is 76.3. The van der Waals surface area contributed by atoms with Crippen LogP contribution in [0.25, 0.3) is 0 Å². The Balaban J connectivity index is -0.000000520. The fraction of sp³-hybridized carbons (Fsp3) is 0.697. The Morgan fingerprint density at radius 2 is 1.00 bits per heavy atom. The van der Waals surface area contributed by atoms with Crippen LogP contribution in [-0.2, 0) is 19.2 Å². The van der Waals surface area contributed by atoms with Crippen molar-refractivity contribution >= 4 is 52.6 Å². The van der Waals surface area contributed by atoms with Gasteiger partial charge in [0.15, 0.2) is 11.6 Å². The van der Waals surface area contributed by atoms with Crippen molar-refractivity contribution in [3.8, 4) is 6.07 Å². The van der Waals surface area contributed by atoms with E-state index in [0.717, 1.165) is 6.07 Å². The molecular weight excluding hydrogens is 1240 g/mol. The second kappa shape index (κ2) is 48.7. The largest absolute Gasteiger partial charge is 0.458 e. The maximum atomic E-state index is 13.8. The topological polar surface area (TPSA) is 269 Å². The van der Waals surface area contributed by atoms with Gasteiger partial charge in [0, 0.05) is 55.1 Å². The summed E-state index contributed by atoms with van der Waals surface area (Å²) in [4.78, 5) is 78.4. The average molecular weight is 1370 g/mol. The minimum Gasteiger partial charge on any atom is -0.458 e. The standard InChI is InChI=1S/C15H19NO2.C14H19NO4.C13H17ClFN3.C7H17N.2C7H16O.C7H14O.C6H13NO2/c1-9(2)13(10(3)4)16-14(17)11-7-5-6-8-12(11)15(16)18;1-9(2)13(10(3)4)19-14(16)11-5-7-12(8-6-11)15(17)18;1-7(2)11(8(3)4)17-13-10(15)5-9(6-16)12(14)18-13;4*1-5(2)7(8)6(3)4;1-5(2)6(8)7(3)9-4/h5-10,13H,1-4H3;5-10,13H,1-4H3;5,7-8,11H,1-4H3,(H,17,18);5-7H,8H2,1-4H3;2*5-8H,1-4H3;5-6H,1-4H3;5H,1-4H3. The molecule has 0 spiro atoms. The number of ketones is 1. The first-order chi connectivity index (χ1) is 43.9. The molecule has 96 heavy (non-hydrogen) atoms. The number of nitrogens with zero attached hydrogens (tertiary/aromatic N) is 5. The van der Waals surface area contributed by atoms with Crippen LogP contribution in [0.3, 0.4) is 0 Å². The van der Waals surface area contributed by atoms with Gasteiger partial charge >= 0.3 is 5.97 Å². The first-order valence-corrected chi connectivity index (χ1v) is 34.7. The van der Waals surface area contributed by atoms with Crippen LogP contribution in [0, 0.1) is 116 Å². The molecule has 1 aliphatic rings. The summed E-state index contributed by atoms with van der Waals surface area (Å²) in [6, 6.07) is 15.8. The summed E-state index contributed by atoms with van der Waals surface area (Å²) in [5.74, 6) is 4.04. The van der Waals surface area contributed by atoms with Gasteiger partial charge in [-0.15, -0.1) is 0 Å². The molecule has 0 radical (unpaired) electrons. The highest BCUT2D eigenvalue weighted by Crippen LogP contribution is 2.31. The normalized spacial score (nSPS) is 11.9. The molecule has 0 unspecified atom stereocenters. The van der Waals surface area contributed by atoms with Crippen LogP contribution in [0.1, 0.15) is 244 Å². The molecule has 550 valence electrons. The van der Waals surface area contributed by atoms with Gasteiger partial charge < -0.3 is 26.0 Å². The highest BCUT2D eigenvalue weighted by atomic mass is 35.5. The molecule has 0 atom stereocenters. The Bertz CT molecular complexity index is 2620. The van der Waals surface area contributed by atoms with Crippen LogP contribution in [0.15, 0.2) is 54.6 Å². The Kier molecular flexibility index (Phi) is 49.0. The highest BCUT2D eigenvalue weighted by Gasteiger charge is 2.42. The number of anilines is 1. The summed E-state index contributed by atoms with van der Waals surface area (Å²) in [5, 5.41) is 42.0. The number of aliphatic hydroxyl groups is 2. The number of amides is 3. The fourth-order valence-electron chi connectivity index (χ4n) is 10.1. The number of hydrogen-bond donors (Lipinski definition) is 4. The minimum absolute atomic E-state index is 0.00231. The van der Waals surface area contributed by atoms with E-state index in [1.165, 1.54) is 41.3 Å². The second-order valence-corrected chi connectivity index (χ2v) is 29.9. The molecule has 20 heteroatoms. The molecule has 2 heterocycles. The number of hydroxylamine groups is 2. The third kappa shape index (κ3) is 36.6. The number of hydrogen-bond acceptors (Lipinski definition) is 15. The number of nitro benzene ring substituents is 1. The van der Waals surface area contributed by atoms with Crippen LogP contribution < -0.4 is 11.1 Å². The monoisotopic (exact) mass is 1370 g/mol. The molecular formula is C76H131ClFN7O11. The number of rotatable bonds is 22. The van der Waals surface area contributed by atoms with E-state index in [2.05, 4.69) is 70.5 Å². The first kappa shape index (κ1) is 96.5. The number of nitrogens with one attached hydrogen (secondary N) is 1. The number of carbonyl (C=O) groups is 5. The summed E-state index contributed by atoms with van der Waals surface area (Å²) in [6.07, 6.45) is -0.423. The number of ether oxygens (including phenoxy) is 1. The highest BCUT2D eigenvalue weighted by molar-refractivity contribution is 6.30. The van der Waals surface area contributed by atoms with Gasteiger partial charge in [-0.2, -0.15) is 5.26 Å². The zero-order valence-corrected chi connectivity index (χ0v) is 65.7. The lowest BCUT2D eigenvalue weighted by Crippen LogP contribution is -2.46. The first-order valence-electron chi connectivity index (χ1n) is 34.4. The second-order valence-electron chi connectivity index (χ2n) is 29.5. The van der Waals surface area contributed by atoms with Crippen LogP contribution in [0.5, 0.6) is 0 Å². The summed E-state index contributed by atoms with van der Waals surface area (Å²) in [5.41, 5.74) is 7.17. The number of nitriles is 1. The number of nitrogens with two attached hydrogens (primary N) is 1. The van der Waals surface area contributed by atoms with Crippen molar-refractivity contribution in [1.82, 2.24) is 14.9 Å². The number of imide groups is 1.